The summed E-state index contributed by atoms with van der Waals surface area (Å²) in [5.74, 6) is -0.307. The van der Waals surface area contributed by atoms with Gasteiger partial charge in [-0.2, -0.15) is 9.57 Å². The highest BCUT2D eigenvalue weighted by Gasteiger charge is 2.23. The van der Waals surface area contributed by atoms with Gasteiger partial charge < -0.3 is 5.32 Å². The smallest absolute Gasteiger partial charge is 0.252 e. The number of benzene rings is 1. The van der Waals surface area contributed by atoms with E-state index in [4.69, 9.17) is 5.26 Å². The predicted octanol–water partition coefficient (Wildman–Crippen LogP) is 2.58. The number of hydrogen-bond donors (Lipinski definition) is 1. The minimum Gasteiger partial charge on any atom is -0.347 e. The van der Waals surface area contributed by atoms with Gasteiger partial charge in [0.15, 0.2) is 0 Å². The average molecular weight is 377 g/mol. The zero-order chi connectivity index (χ0) is 18.4. The Bertz CT molecular complexity index is 894. The van der Waals surface area contributed by atoms with Crippen LogP contribution in [0.25, 0.3) is 0 Å². The first-order valence-electron chi connectivity index (χ1n) is 7.79. The summed E-state index contributed by atoms with van der Waals surface area (Å²) in [6.07, 6.45) is 0. The van der Waals surface area contributed by atoms with Gasteiger partial charge in [-0.05, 0) is 30.3 Å². The molecule has 1 N–H and O–H groups in total. The molecule has 25 heavy (non-hydrogen) atoms. The molecule has 6 nitrogen and oxygen atoms in total. The van der Waals surface area contributed by atoms with E-state index in [0.717, 1.165) is 16.2 Å². The van der Waals surface area contributed by atoms with Gasteiger partial charge >= 0.3 is 0 Å². The number of carbonyl (C=O) groups is 1. The van der Waals surface area contributed by atoms with Crippen LogP contribution >= 0.6 is 11.3 Å². The van der Waals surface area contributed by atoms with Crippen molar-refractivity contribution in [1.29, 1.82) is 5.26 Å². The highest BCUT2D eigenvalue weighted by molar-refractivity contribution is 7.91. The van der Waals surface area contributed by atoms with Crippen molar-refractivity contribution in [3.05, 3.63) is 52.4 Å². The van der Waals surface area contributed by atoms with Gasteiger partial charge in [0.25, 0.3) is 15.9 Å². The average Bonchev–Trinajstić information content (AvgIpc) is 3.10. The topological polar surface area (TPSA) is 90.3 Å². The Balaban J connectivity index is 2.07. The van der Waals surface area contributed by atoms with E-state index in [9.17, 15) is 13.2 Å². The molecule has 0 saturated carbocycles. The molecule has 1 amide bonds. The molecule has 132 valence electrons. The first kappa shape index (κ1) is 19.1. The molecule has 8 heteroatoms. The van der Waals surface area contributed by atoms with E-state index < -0.39 is 10.0 Å². The molecular formula is C17H19N3O3S2. The molecular weight excluding hydrogens is 358 g/mol. The molecule has 1 heterocycles. The van der Waals surface area contributed by atoms with Crippen molar-refractivity contribution in [2.75, 3.05) is 13.1 Å². The Labute approximate surface area is 151 Å². The van der Waals surface area contributed by atoms with Crippen LogP contribution in [0.2, 0.25) is 0 Å². The molecule has 2 aromatic rings. The van der Waals surface area contributed by atoms with Crippen molar-refractivity contribution >= 4 is 27.3 Å². The highest BCUT2D eigenvalue weighted by atomic mass is 32.2. The highest BCUT2D eigenvalue weighted by Crippen LogP contribution is 2.24. The fraction of sp³-hybridized carbons (Fsp3) is 0.294. The molecule has 0 aliphatic rings. The monoisotopic (exact) mass is 377 g/mol. The Morgan fingerprint density at radius 2 is 1.96 bits per heavy atom. The number of sulfonamides is 1. The van der Waals surface area contributed by atoms with Gasteiger partial charge in [-0.25, -0.2) is 8.42 Å². The molecule has 0 fully saturated rings. The summed E-state index contributed by atoms with van der Waals surface area (Å²) < 4.78 is 26.6. The Morgan fingerprint density at radius 3 is 2.60 bits per heavy atom. The number of nitrogens with one attached hydrogen (secondary N) is 1. The van der Waals surface area contributed by atoms with Gasteiger partial charge in [-0.15, -0.1) is 11.3 Å². The summed E-state index contributed by atoms with van der Waals surface area (Å²) in [6.45, 7) is 4.65. The molecule has 1 aromatic carbocycles. The Hall–Kier alpha value is -2.21. The number of amides is 1. The number of nitrogens with zero attached hydrogens (tertiary/aromatic N) is 2. The Kier molecular flexibility index (Phi) is 6.31. The molecule has 0 aliphatic carbocycles. The summed E-state index contributed by atoms with van der Waals surface area (Å²) in [4.78, 5) is 12.9. The quantitative estimate of drug-likeness (QED) is 0.803. The van der Waals surface area contributed by atoms with Crippen molar-refractivity contribution in [2.24, 2.45) is 0 Å². The van der Waals surface area contributed by atoms with Gasteiger partial charge in [0, 0.05) is 23.5 Å². The minimum atomic E-state index is -3.48. The summed E-state index contributed by atoms with van der Waals surface area (Å²) in [7, 11) is -3.48. The van der Waals surface area contributed by atoms with E-state index in [0.29, 0.717) is 24.2 Å². The Morgan fingerprint density at radius 1 is 1.24 bits per heavy atom. The second kappa shape index (κ2) is 8.25. The third-order valence-electron chi connectivity index (χ3n) is 3.61. The van der Waals surface area contributed by atoms with Gasteiger partial charge in [-0.1, -0.05) is 19.9 Å². The molecule has 0 aliphatic heterocycles. The number of nitriles is 1. The largest absolute Gasteiger partial charge is 0.347 e. The second-order valence-corrected chi connectivity index (χ2v) is 8.52. The number of hydrogen-bond acceptors (Lipinski definition) is 5. The normalized spacial score (nSPS) is 11.3. The third-order valence-corrected chi connectivity index (χ3v) is 7.22. The zero-order valence-corrected chi connectivity index (χ0v) is 15.7. The van der Waals surface area contributed by atoms with Crippen LogP contribution in [0.5, 0.6) is 0 Å². The van der Waals surface area contributed by atoms with Crippen LogP contribution in [-0.2, 0) is 16.6 Å². The lowest BCUT2D eigenvalue weighted by molar-refractivity contribution is 0.0951. The van der Waals surface area contributed by atoms with Crippen LogP contribution in [0.15, 0.2) is 40.6 Å². The fourth-order valence-corrected chi connectivity index (χ4v) is 5.19. The maximum atomic E-state index is 12.5. The SMILES string of the molecule is CCN(CC)S(=O)(=O)c1ccc(CNC(=O)c2cccc(C#N)c2)s1. The fourth-order valence-electron chi connectivity index (χ4n) is 2.28. The van der Waals surface area contributed by atoms with E-state index >= 15 is 0 Å². The maximum Gasteiger partial charge on any atom is 0.252 e. The third kappa shape index (κ3) is 4.45. The van der Waals surface area contributed by atoms with Crippen LogP contribution in [0, 0.1) is 11.3 Å². The van der Waals surface area contributed by atoms with Crippen LogP contribution in [-0.4, -0.2) is 31.7 Å². The van der Waals surface area contributed by atoms with Crippen LogP contribution in [0.3, 0.4) is 0 Å². The van der Waals surface area contributed by atoms with Crippen molar-refractivity contribution in [3.63, 3.8) is 0 Å². The van der Waals surface area contributed by atoms with Crippen molar-refractivity contribution < 1.29 is 13.2 Å². The van der Waals surface area contributed by atoms with Gasteiger partial charge in [0.1, 0.15) is 4.21 Å². The van der Waals surface area contributed by atoms with E-state index in [1.54, 1.807) is 44.2 Å². The standard InChI is InChI=1S/C17H19N3O3S2/c1-3-20(4-2)25(22,23)16-9-8-15(24-16)12-19-17(21)14-7-5-6-13(10-14)11-18/h5-10H,3-4,12H2,1-2H3,(H,19,21). The van der Waals surface area contributed by atoms with E-state index in [1.165, 1.54) is 10.4 Å². The van der Waals surface area contributed by atoms with Gasteiger partial charge in [-0.3, -0.25) is 4.79 Å². The molecule has 2 rings (SSSR count). The van der Waals surface area contributed by atoms with E-state index in [1.807, 2.05) is 6.07 Å². The molecule has 0 bridgehead atoms. The van der Waals surface area contributed by atoms with Crippen LogP contribution in [0.4, 0.5) is 0 Å². The molecule has 0 unspecified atom stereocenters. The van der Waals surface area contributed by atoms with Gasteiger partial charge in [0.05, 0.1) is 18.2 Å². The summed E-state index contributed by atoms with van der Waals surface area (Å²) >= 11 is 1.15. The van der Waals surface area contributed by atoms with E-state index in [2.05, 4.69) is 5.32 Å². The van der Waals surface area contributed by atoms with E-state index in [-0.39, 0.29) is 16.7 Å². The van der Waals surface area contributed by atoms with Crippen molar-refractivity contribution in [3.8, 4) is 6.07 Å². The number of rotatable bonds is 7. The number of thiophene rings is 1. The van der Waals surface area contributed by atoms with Crippen molar-refractivity contribution in [2.45, 2.75) is 24.6 Å². The van der Waals surface area contributed by atoms with Gasteiger partial charge in [0.2, 0.25) is 0 Å². The predicted molar refractivity (Wildman–Crippen MR) is 96.8 cm³/mol. The van der Waals surface area contributed by atoms with Crippen LogP contribution < -0.4 is 5.32 Å². The zero-order valence-electron chi connectivity index (χ0n) is 14.0. The summed E-state index contributed by atoms with van der Waals surface area (Å²) in [5, 5.41) is 11.6. The molecule has 0 atom stereocenters. The minimum absolute atomic E-state index is 0.230. The second-order valence-electron chi connectivity index (χ2n) is 5.19. The lowest BCUT2D eigenvalue weighted by Gasteiger charge is -2.16. The van der Waals surface area contributed by atoms with Crippen LogP contribution in [0.1, 0.15) is 34.6 Å². The molecule has 0 saturated heterocycles. The molecule has 0 radical (unpaired) electrons. The molecule has 0 spiro atoms. The summed E-state index contributed by atoms with van der Waals surface area (Å²) in [5.41, 5.74) is 0.808. The number of carbonyl (C=O) groups excluding carboxylic acids is 1. The van der Waals surface area contributed by atoms with Crippen molar-refractivity contribution in [1.82, 2.24) is 9.62 Å². The lowest BCUT2D eigenvalue weighted by Crippen LogP contribution is -2.30. The molecule has 1 aromatic heterocycles. The first-order valence-corrected chi connectivity index (χ1v) is 10.0. The summed E-state index contributed by atoms with van der Waals surface area (Å²) in [6, 6.07) is 11.7. The first-order chi connectivity index (χ1) is 11.9. The maximum absolute atomic E-state index is 12.5. The lowest BCUT2D eigenvalue weighted by atomic mass is 10.1.